The summed E-state index contributed by atoms with van der Waals surface area (Å²) in [4.78, 5) is 12.6. The summed E-state index contributed by atoms with van der Waals surface area (Å²) in [6, 6.07) is 11.8. The largest absolute Gasteiger partial charge is 0.330 e. The van der Waals surface area contributed by atoms with E-state index in [1.807, 2.05) is 50.4 Å². The molecule has 2 atom stereocenters. The van der Waals surface area contributed by atoms with Gasteiger partial charge in [-0.2, -0.15) is 0 Å². The van der Waals surface area contributed by atoms with Crippen molar-refractivity contribution in [2.24, 2.45) is 0 Å². The van der Waals surface area contributed by atoms with Gasteiger partial charge in [0.05, 0.1) is 0 Å². The van der Waals surface area contributed by atoms with Crippen LogP contribution in [0.15, 0.2) is 36.4 Å². The molecule has 0 aliphatic carbocycles. The number of aryl methyl sites for hydroxylation is 3. The van der Waals surface area contributed by atoms with E-state index in [1.165, 1.54) is 5.56 Å². The quantitative estimate of drug-likeness (QED) is 0.847. The van der Waals surface area contributed by atoms with Crippen LogP contribution in [0.4, 0.5) is 5.69 Å². The highest BCUT2D eigenvalue weighted by Gasteiger charge is 2.22. The van der Waals surface area contributed by atoms with Crippen LogP contribution in [0.2, 0.25) is 5.02 Å². The molecule has 0 spiro atoms. The fourth-order valence-corrected chi connectivity index (χ4v) is 3.39. The first kappa shape index (κ1) is 18.5. The van der Waals surface area contributed by atoms with E-state index in [0.717, 1.165) is 27.4 Å². The Bertz CT molecular complexity index is 719. The zero-order valence-electron chi connectivity index (χ0n) is 15.0. The van der Waals surface area contributed by atoms with Crippen molar-refractivity contribution in [2.75, 3.05) is 5.32 Å². The number of hydrogen-bond donors (Lipinski definition) is 2. The Balaban J connectivity index is 2.07. The summed E-state index contributed by atoms with van der Waals surface area (Å²) in [6.45, 7) is 10.1. The highest BCUT2D eigenvalue weighted by atomic mass is 35.5. The number of nitrogens with two attached hydrogens (primary N) is 1. The first-order valence-electron chi connectivity index (χ1n) is 8.27. The SMILES string of the molecule is Cc1cc(C)c(NC(=O)[C@@H](C)[NH2+][C@H](C)c2ccccc2Cl)c(C)c1. The van der Waals surface area contributed by atoms with E-state index in [-0.39, 0.29) is 18.0 Å². The fourth-order valence-electron chi connectivity index (χ4n) is 3.08. The Morgan fingerprint density at radius 1 is 1.08 bits per heavy atom. The van der Waals surface area contributed by atoms with E-state index in [2.05, 4.69) is 31.3 Å². The molecule has 24 heavy (non-hydrogen) atoms. The minimum Gasteiger partial charge on any atom is -0.330 e. The number of halogens is 1. The highest BCUT2D eigenvalue weighted by Crippen LogP contribution is 2.22. The van der Waals surface area contributed by atoms with Gasteiger partial charge in [0.1, 0.15) is 6.04 Å². The normalized spacial score (nSPS) is 13.4. The maximum atomic E-state index is 12.6. The van der Waals surface area contributed by atoms with Gasteiger partial charge in [0.2, 0.25) is 0 Å². The zero-order chi connectivity index (χ0) is 17.9. The van der Waals surface area contributed by atoms with Gasteiger partial charge in [0.15, 0.2) is 6.04 Å². The van der Waals surface area contributed by atoms with Gasteiger partial charge < -0.3 is 10.6 Å². The van der Waals surface area contributed by atoms with Gasteiger partial charge >= 0.3 is 0 Å². The van der Waals surface area contributed by atoms with E-state index in [9.17, 15) is 4.79 Å². The molecule has 2 aromatic carbocycles. The molecule has 0 aliphatic heterocycles. The monoisotopic (exact) mass is 345 g/mol. The second-order valence-electron chi connectivity index (χ2n) is 6.55. The molecule has 3 nitrogen and oxygen atoms in total. The van der Waals surface area contributed by atoms with Crippen molar-refractivity contribution in [2.45, 2.75) is 46.7 Å². The molecule has 0 radical (unpaired) electrons. The lowest BCUT2D eigenvalue weighted by molar-refractivity contribution is -0.709. The van der Waals surface area contributed by atoms with Gasteiger partial charge in [-0.15, -0.1) is 0 Å². The van der Waals surface area contributed by atoms with Gasteiger partial charge in [-0.25, -0.2) is 0 Å². The van der Waals surface area contributed by atoms with Crippen molar-refractivity contribution >= 4 is 23.2 Å². The van der Waals surface area contributed by atoms with Crippen LogP contribution in [0, 0.1) is 20.8 Å². The lowest BCUT2D eigenvalue weighted by atomic mass is 10.0. The second-order valence-corrected chi connectivity index (χ2v) is 6.96. The third kappa shape index (κ3) is 4.37. The van der Waals surface area contributed by atoms with Crippen LogP contribution < -0.4 is 10.6 Å². The van der Waals surface area contributed by atoms with Crippen LogP contribution in [0.5, 0.6) is 0 Å². The van der Waals surface area contributed by atoms with Crippen LogP contribution >= 0.6 is 11.6 Å². The molecule has 1 amide bonds. The summed E-state index contributed by atoms with van der Waals surface area (Å²) in [5.41, 5.74) is 5.34. The molecule has 0 aliphatic rings. The van der Waals surface area contributed by atoms with Crippen LogP contribution in [0.1, 0.15) is 42.1 Å². The minimum atomic E-state index is -0.212. The predicted octanol–water partition coefficient (Wildman–Crippen LogP) is 3.92. The Kier molecular flexibility index (Phi) is 6.03. The van der Waals surface area contributed by atoms with E-state index in [1.54, 1.807) is 0 Å². The standard InChI is InChI=1S/C20H25ClN2O/c1-12-10-13(2)19(14(3)11-12)23-20(24)16(5)22-15(4)17-8-6-7-9-18(17)21/h6-11,15-16,22H,1-5H3,(H,23,24)/p+1/t15-,16-/m1/s1. The molecule has 3 N–H and O–H groups in total. The number of nitrogens with one attached hydrogen (secondary N) is 1. The van der Waals surface area contributed by atoms with E-state index < -0.39 is 0 Å². The number of quaternary nitrogens is 1. The van der Waals surface area contributed by atoms with Crippen LogP contribution in [-0.2, 0) is 4.79 Å². The number of anilines is 1. The summed E-state index contributed by atoms with van der Waals surface area (Å²) < 4.78 is 0. The van der Waals surface area contributed by atoms with Gasteiger partial charge in [-0.3, -0.25) is 4.79 Å². The summed E-state index contributed by atoms with van der Waals surface area (Å²) in [5, 5.41) is 5.85. The van der Waals surface area contributed by atoms with E-state index >= 15 is 0 Å². The van der Waals surface area contributed by atoms with Crippen molar-refractivity contribution in [3.8, 4) is 0 Å². The average Bonchev–Trinajstić information content (AvgIpc) is 2.50. The van der Waals surface area contributed by atoms with Crippen molar-refractivity contribution in [3.63, 3.8) is 0 Å². The van der Waals surface area contributed by atoms with Gasteiger partial charge in [-0.05, 0) is 51.8 Å². The Morgan fingerprint density at radius 3 is 2.25 bits per heavy atom. The Morgan fingerprint density at radius 2 is 1.67 bits per heavy atom. The van der Waals surface area contributed by atoms with Crippen LogP contribution in [-0.4, -0.2) is 11.9 Å². The third-order valence-electron chi connectivity index (χ3n) is 4.31. The minimum absolute atomic E-state index is 0.00366. The Labute approximate surface area is 149 Å². The third-order valence-corrected chi connectivity index (χ3v) is 4.66. The predicted molar refractivity (Wildman–Crippen MR) is 101 cm³/mol. The molecule has 0 heterocycles. The molecule has 2 rings (SSSR count). The highest BCUT2D eigenvalue weighted by molar-refractivity contribution is 6.31. The van der Waals surface area contributed by atoms with Gasteiger partial charge in [0.25, 0.3) is 5.91 Å². The molecule has 0 fully saturated rings. The Hall–Kier alpha value is -1.84. The molecular weight excluding hydrogens is 320 g/mol. The first-order chi connectivity index (χ1) is 11.3. The van der Waals surface area contributed by atoms with E-state index in [0.29, 0.717) is 0 Å². The molecule has 0 aromatic heterocycles. The number of rotatable bonds is 5. The fraction of sp³-hybridized carbons (Fsp3) is 0.350. The van der Waals surface area contributed by atoms with Crippen LogP contribution in [0.3, 0.4) is 0 Å². The second kappa shape index (κ2) is 7.82. The molecule has 0 unspecified atom stereocenters. The number of hydrogen-bond acceptors (Lipinski definition) is 1. The smallest absolute Gasteiger partial charge is 0.282 e. The van der Waals surface area contributed by atoms with Gasteiger partial charge in [0, 0.05) is 16.3 Å². The molecular formula is C20H26ClN2O+. The molecule has 0 saturated heterocycles. The van der Waals surface area contributed by atoms with Crippen molar-refractivity contribution in [3.05, 3.63) is 63.7 Å². The molecule has 0 bridgehead atoms. The molecule has 0 saturated carbocycles. The number of carbonyl (C=O) groups is 1. The molecule has 2 aromatic rings. The lowest BCUT2D eigenvalue weighted by Crippen LogP contribution is -2.91. The summed E-state index contributed by atoms with van der Waals surface area (Å²) in [7, 11) is 0. The number of benzene rings is 2. The molecule has 128 valence electrons. The van der Waals surface area contributed by atoms with Crippen molar-refractivity contribution in [1.29, 1.82) is 0 Å². The summed E-state index contributed by atoms with van der Waals surface area (Å²) in [5.74, 6) is 0.00366. The first-order valence-corrected chi connectivity index (χ1v) is 8.65. The van der Waals surface area contributed by atoms with E-state index in [4.69, 9.17) is 11.6 Å². The maximum absolute atomic E-state index is 12.6. The zero-order valence-corrected chi connectivity index (χ0v) is 15.7. The summed E-state index contributed by atoms with van der Waals surface area (Å²) >= 11 is 6.25. The number of amides is 1. The lowest BCUT2D eigenvalue weighted by Gasteiger charge is -2.19. The molecule has 4 heteroatoms. The topological polar surface area (TPSA) is 45.7 Å². The number of carbonyl (C=O) groups excluding carboxylic acids is 1. The van der Waals surface area contributed by atoms with Gasteiger partial charge in [-0.1, -0.05) is 47.5 Å². The van der Waals surface area contributed by atoms with Crippen LogP contribution in [0.25, 0.3) is 0 Å². The summed E-state index contributed by atoms with van der Waals surface area (Å²) in [6.07, 6.45) is 0. The van der Waals surface area contributed by atoms with Crippen molar-refractivity contribution < 1.29 is 10.1 Å². The van der Waals surface area contributed by atoms with Crippen molar-refractivity contribution in [1.82, 2.24) is 0 Å². The average molecular weight is 346 g/mol. The maximum Gasteiger partial charge on any atom is 0.282 e.